The van der Waals surface area contributed by atoms with Crippen LogP contribution in [-0.2, 0) is 0 Å². The largest absolute Gasteiger partial charge is 0.309 e. The van der Waals surface area contributed by atoms with Crippen molar-refractivity contribution in [3.8, 4) is 55.9 Å². The molecule has 2 nitrogen and oxygen atoms in total. The molecular weight excluding hydrogens is 653 g/mol. The van der Waals surface area contributed by atoms with E-state index in [4.69, 9.17) is 0 Å². The molecule has 2 heterocycles. The van der Waals surface area contributed by atoms with Gasteiger partial charge in [0.25, 0.3) is 0 Å². The second-order valence-corrected chi connectivity index (χ2v) is 14.5. The summed E-state index contributed by atoms with van der Waals surface area (Å²) in [6, 6.07) is 71.5. The Bertz CT molecular complexity index is 3320. The number of nitrogens with zero attached hydrogens (tertiary/aromatic N) is 2. The van der Waals surface area contributed by atoms with E-state index in [1.807, 2.05) is 0 Å². The van der Waals surface area contributed by atoms with E-state index in [-0.39, 0.29) is 0 Å². The molecule has 0 N–H and O–H groups in total. The average Bonchev–Trinajstić information content (AvgIpc) is 3.87. The molecule has 0 unspecified atom stereocenters. The van der Waals surface area contributed by atoms with Gasteiger partial charge < -0.3 is 9.13 Å². The van der Waals surface area contributed by atoms with Gasteiger partial charge in [-0.1, -0.05) is 127 Å². The Balaban J connectivity index is 1.03. The SMILES string of the molecule is c1ccc(-n2c3ccccc3c3cc(-c4ccc5c6ccccc6n(-c6cccc(-c7cc8c9c(cccc9c7)-c7ccccc7-8)c6)c5c4)ccc32)cc1. The fourth-order valence-corrected chi connectivity index (χ4v) is 9.24. The van der Waals surface area contributed by atoms with Crippen molar-refractivity contribution in [2.24, 2.45) is 0 Å². The lowest BCUT2D eigenvalue weighted by atomic mass is 9.96. The summed E-state index contributed by atoms with van der Waals surface area (Å²) < 4.78 is 4.83. The zero-order chi connectivity index (χ0) is 35.3. The lowest BCUT2D eigenvalue weighted by Gasteiger charge is -2.13. The second kappa shape index (κ2) is 11.2. The van der Waals surface area contributed by atoms with Gasteiger partial charge in [-0.3, -0.25) is 0 Å². The Morgan fingerprint density at radius 2 is 0.833 bits per heavy atom. The molecule has 0 fully saturated rings. The van der Waals surface area contributed by atoms with E-state index in [1.54, 1.807) is 0 Å². The number of rotatable bonds is 4. The van der Waals surface area contributed by atoms with Gasteiger partial charge in [0.1, 0.15) is 0 Å². The van der Waals surface area contributed by atoms with Crippen LogP contribution in [0.5, 0.6) is 0 Å². The Labute approximate surface area is 312 Å². The Morgan fingerprint density at radius 1 is 0.259 bits per heavy atom. The first-order valence-corrected chi connectivity index (χ1v) is 18.7. The number of fused-ring (bicyclic) bond motifs is 9. The summed E-state index contributed by atoms with van der Waals surface area (Å²) in [6.07, 6.45) is 0. The predicted octanol–water partition coefficient (Wildman–Crippen LogP) is 14.0. The topological polar surface area (TPSA) is 9.86 Å². The summed E-state index contributed by atoms with van der Waals surface area (Å²) >= 11 is 0. The van der Waals surface area contributed by atoms with Gasteiger partial charge in [-0.25, -0.2) is 0 Å². The van der Waals surface area contributed by atoms with Crippen molar-refractivity contribution in [1.29, 1.82) is 0 Å². The molecular formula is C52H32N2. The van der Waals surface area contributed by atoms with Crippen LogP contribution in [0.25, 0.3) is 110 Å². The molecule has 0 amide bonds. The molecule has 11 aromatic rings. The zero-order valence-electron chi connectivity index (χ0n) is 29.4. The van der Waals surface area contributed by atoms with Crippen LogP contribution >= 0.6 is 0 Å². The van der Waals surface area contributed by atoms with Crippen molar-refractivity contribution in [3.05, 3.63) is 194 Å². The minimum absolute atomic E-state index is 1.16. The monoisotopic (exact) mass is 684 g/mol. The highest BCUT2D eigenvalue weighted by Gasteiger charge is 2.22. The average molecular weight is 685 g/mol. The second-order valence-electron chi connectivity index (χ2n) is 14.5. The minimum atomic E-state index is 1.16. The van der Waals surface area contributed by atoms with Crippen LogP contribution in [0.15, 0.2) is 194 Å². The molecule has 250 valence electrons. The fraction of sp³-hybridized carbons (Fsp3) is 0. The Kier molecular flexibility index (Phi) is 6.09. The van der Waals surface area contributed by atoms with E-state index in [1.165, 1.54) is 105 Å². The van der Waals surface area contributed by atoms with E-state index in [2.05, 4.69) is 203 Å². The third kappa shape index (κ3) is 4.17. The van der Waals surface area contributed by atoms with Crippen LogP contribution < -0.4 is 0 Å². The molecule has 0 bridgehead atoms. The van der Waals surface area contributed by atoms with Gasteiger partial charge in [-0.05, 0) is 122 Å². The van der Waals surface area contributed by atoms with E-state index in [0.29, 0.717) is 0 Å². The number of benzene rings is 9. The molecule has 9 aromatic carbocycles. The van der Waals surface area contributed by atoms with Crippen LogP contribution in [0.1, 0.15) is 0 Å². The van der Waals surface area contributed by atoms with Gasteiger partial charge in [0.2, 0.25) is 0 Å². The molecule has 2 aromatic heterocycles. The smallest absolute Gasteiger partial charge is 0.0547 e. The third-order valence-corrected chi connectivity index (χ3v) is 11.6. The lowest BCUT2D eigenvalue weighted by Crippen LogP contribution is -1.95. The van der Waals surface area contributed by atoms with Gasteiger partial charge in [0.05, 0.1) is 22.1 Å². The van der Waals surface area contributed by atoms with Crippen molar-refractivity contribution in [1.82, 2.24) is 9.13 Å². The minimum Gasteiger partial charge on any atom is -0.309 e. The maximum absolute atomic E-state index is 2.45. The molecule has 0 aliphatic heterocycles. The molecule has 0 radical (unpaired) electrons. The van der Waals surface area contributed by atoms with Crippen LogP contribution in [0.3, 0.4) is 0 Å². The van der Waals surface area contributed by atoms with Crippen LogP contribution in [0, 0.1) is 0 Å². The van der Waals surface area contributed by atoms with Crippen molar-refractivity contribution in [2.45, 2.75) is 0 Å². The van der Waals surface area contributed by atoms with Crippen molar-refractivity contribution >= 4 is 54.4 Å². The normalized spacial score (nSPS) is 12.1. The van der Waals surface area contributed by atoms with Gasteiger partial charge >= 0.3 is 0 Å². The van der Waals surface area contributed by atoms with E-state index in [0.717, 1.165) is 5.69 Å². The fourth-order valence-electron chi connectivity index (χ4n) is 9.24. The summed E-state index contributed by atoms with van der Waals surface area (Å²) in [6.45, 7) is 0. The molecule has 12 rings (SSSR count). The molecule has 0 atom stereocenters. The Morgan fingerprint density at radius 3 is 1.67 bits per heavy atom. The Hall–Kier alpha value is -7.16. The number of hydrogen-bond donors (Lipinski definition) is 0. The van der Waals surface area contributed by atoms with Gasteiger partial charge in [-0.2, -0.15) is 0 Å². The first kappa shape index (κ1) is 29.4. The third-order valence-electron chi connectivity index (χ3n) is 11.6. The quantitative estimate of drug-likeness (QED) is 0.175. The zero-order valence-corrected chi connectivity index (χ0v) is 29.4. The van der Waals surface area contributed by atoms with Gasteiger partial charge in [0.15, 0.2) is 0 Å². The molecule has 0 saturated heterocycles. The van der Waals surface area contributed by atoms with Gasteiger partial charge in [-0.15, -0.1) is 0 Å². The highest BCUT2D eigenvalue weighted by Crippen LogP contribution is 2.49. The first-order valence-electron chi connectivity index (χ1n) is 18.7. The van der Waals surface area contributed by atoms with Crippen LogP contribution in [-0.4, -0.2) is 9.13 Å². The molecule has 1 aliphatic rings. The molecule has 2 heteroatoms. The molecule has 54 heavy (non-hydrogen) atoms. The maximum atomic E-state index is 2.45. The standard InChI is InChI=1S/C52H32N2/c1-2-14-38(15-3-1)53-49-23-9-7-20-43(49)46-30-34(25-27-50(46)53)35-24-26-44-42-19-6-8-22-48(42)54(51(44)32-35)39-16-10-12-33(29-39)37-28-36-13-11-21-45-40-17-4-5-18-41(40)47(31-37)52(36)45/h1-32H. The number of aromatic nitrogens is 2. The molecule has 0 spiro atoms. The summed E-state index contributed by atoms with van der Waals surface area (Å²) in [5.41, 5.74) is 17.3. The van der Waals surface area contributed by atoms with Crippen LogP contribution in [0.2, 0.25) is 0 Å². The molecule has 1 aliphatic carbocycles. The summed E-state index contributed by atoms with van der Waals surface area (Å²) in [4.78, 5) is 0. The summed E-state index contributed by atoms with van der Waals surface area (Å²) in [7, 11) is 0. The maximum Gasteiger partial charge on any atom is 0.0547 e. The van der Waals surface area contributed by atoms with Crippen molar-refractivity contribution < 1.29 is 0 Å². The number of para-hydroxylation sites is 3. The summed E-state index contributed by atoms with van der Waals surface area (Å²) in [5.74, 6) is 0. The predicted molar refractivity (Wildman–Crippen MR) is 228 cm³/mol. The van der Waals surface area contributed by atoms with Gasteiger partial charge in [0, 0.05) is 32.9 Å². The summed E-state index contributed by atoms with van der Waals surface area (Å²) in [5, 5.41) is 7.67. The lowest BCUT2D eigenvalue weighted by molar-refractivity contribution is 1.18. The number of hydrogen-bond acceptors (Lipinski definition) is 0. The van der Waals surface area contributed by atoms with E-state index < -0.39 is 0 Å². The highest BCUT2D eigenvalue weighted by atomic mass is 15.0. The highest BCUT2D eigenvalue weighted by molar-refractivity contribution is 6.17. The van der Waals surface area contributed by atoms with Crippen molar-refractivity contribution in [2.75, 3.05) is 0 Å². The first-order chi connectivity index (χ1) is 26.8. The van der Waals surface area contributed by atoms with E-state index >= 15 is 0 Å². The van der Waals surface area contributed by atoms with E-state index in [9.17, 15) is 0 Å². The molecule has 0 saturated carbocycles. The van der Waals surface area contributed by atoms with Crippen molar-refractivity contribution in [3.63, 3.8) is 0 Å². The van der Waals surface area contributed by atoms with Crippen LogP contribution in [0.4, 0.5) is 0 Å².